The van der Waals surface area contributed by atoms with Gasteiger partial charge in [0.2, 0.25) is 5.95 Å². The second kappa shape index (κ2) is 14.8. The van der Waals surface area contributed by atoms with Crippen molar-refractivity contribution in [3.8, 4) is 5.75 Å². The maximum Gasteiger partial charge on any atom is 0.305 e. The zero-order valence-corrected chi connectivity index (χ0v) is 24.4. The molecule has 10 heteroatoms. The first kappa shape index (κ1) is 29.6. The minimum absolute atomic E-state index is 0.0583. The van der Waals surface area contributed by atoms with Gasteiger partial charge in [-0.15, -0.1) is 0 Å². The molecular formula is C30H44N6O4. The Bertz CT molecular complexity index is 1210. The van der Waals surface area contributed by atoms with Gasteiger partial charge in [0.15, 0.2) is 17.0 Å². The van der Waals surface area contributed by atoms with Crippen molar-refractivity contribution >= 4 is 34.6 Å². The number of anilines is 3. The molecular weight excluding hydrogens is 508 g/mol. The molecule has 0 saturated carbocycles. The monoisotopic (exact) mass is 552 g/mol. The lowest BCUT2D eigenvalue weighted by molar-refractivity contribution is -0.140. The summed E-state index contributed by atoms with van der Waals surface area (Å²) in [5, 5.41) is 3.39. The number of methoxy groups -OCH3 is 1. The van der Waals surface area contributed by atoms with Crippen LogP contribution in [0.1, 0.15) is 84.3 Å². The summed E-state index contributed by atoms with van der Waals surface area (Å²) in [6.45, 7) is 5.81. The Morgan fingerprint density at radius 2 is 1.98 bits per heavy atom. The summed E-state index contributed by atoms with van der Waals surface area (Å²) in [6.07, 6.45) is 11.4. The van der Waals surface area contributed by atoms with E-state index < -0.39 is 0 Å². The van der Waals surface area contributed by atoms with Gasteiger partial charge in [-0.2, -0.15) is 9.97 Å². The number of carbonyl (C=O) groups is 1. The molecule has 1 saturated heterocycles. The fourth-order valence-corrected chi connectivity index (χ4v) is 4.96. The van der Waals surface area contributed by atoms with Crippen LogP contribution < -0.4 is 15.0 Å². The molecule has 0 amide bonds. The van der Waals surface area contributed by atoms with Crippen LogP contribution in [-0.4, -0.2) is 58.9 Å². The number of hydrogen-bond acceptors (Lipinski definition) is 9. The molecule has 3 aromatic rings. The Morgan fingerprint density at radius 1 is 1.18 bits per heavy atom. The molecule has 4 rings (SSSR count). The highest BCUT2D eigenvalue weighted by Gasteiger charge is 2.24. The third-order valence-corrected chi connectivity index (χ3v) is 7.45. The van der Waals surface area contributed by atoms with Crippen molar-refractivity contribution < 1.29 is 19.0 Å². The first-order valence-electron chi connectivity index (χ1n) is 14.7. The zero-order chi connectivity index (χ0) is 28.3. The Hall–Kier alpha value is -3.40. The molecule has 0 aliphatic carbocycles. The van der Waals surface area contributed by atoms with E-state index in [2.05, 4.69) is 40.4 Å². The summed E-state index contributed by atoms with van der Waals surface area (Å²) in [5.74, 6) is 2.01. The van der Waals surface area contributed by atoms with Crippen molar-refractivity contribution in [2.45, 2.75) is 90.3 Å². The van der Waals surface area contributed by atoms with Gasteiger partial charge >= 0.3 is 5.97 Å². The number of imidazole rings is 1. The number of esters is 1. The van der Waals surface area contributed by atoms with Gasteiger partial charge in [-0.1, -0.05) is 26.2 Å². The molecule has 3 heterocycles. The summed E-state index contributed by atoms with van der Waals surface area (Å²) in [5.41, 5.74) is 2.45. The maximum atomic E-state index is 11.2. The Morgan fingerprint density at radius 3 is 2.70 bits per heavy atom. The van der Waals surface area contributed by atoms with Crippen LogP contribution in [-0.2, 0) is 14.3 Å². The van der Waals surface area contributed by atoms with Crippen LogP contribution >= 0.6 is 0 Å². The van der Waals surface area contributed by atoms with Crippen LogP contribution in [0.2, 0.25) is 0 Å². The summed E-state index contributed by atoms with van der Waals surface area (Å²) in [7, 11) is 3.50. The van der Waals surface area contributed by atoms with Crippen LogP contribution in [0, 0.1) is 0 Å². The number of aromatic nitrogens is 4. The largest absolute Gasteiger partial charge is 0.494 e. The van der Waals surface area contributed by atoms with Gasteiger partial charge < -0.3 is 24.4 Å². The van der Waals surface area contributed by atoms with E-state index in [4.69, 9.17) is 24.4 Å². The average Bonchev–Trinajstić information content (AvgIpc) is 3.41. The van der Waals surface area contributed by atoms with Crippen molar-refractivity contribution in [2.24, 2.45) is 0 Å². The lowest BCUT2D eigenvalue weighted by Gasteiger charge is -2.27. The number of rotatable bonds is 15. The number of carbonyl (C=O) groups excluding carboxylic acids is 1. The molecule has 1 aliphatic rings. The number of unbranched alkanes of at least 4 members (excludes halogenated alkanes) is 3. The second-order valence-corrected chi connectivity index (χ2v) is 10.5. The van der Waals surface area contributed by atoms with Gasteiger partial charge in [0.05, 0.1) is 20.0 Å². The SMILES string of the molecule is CCCC(C)N(C)c1nc(Nc2ccc(OCCCCCCC(=O)OC)cc2)nc2c1ncn2C1CCCCO1. The molecule has 0 radical (unpaired) electrons. The summed E-state index contributed by atoms with van der Waals surface area (Å²) < 4.78 is 18.7. The molecule has 40 heavy (non-hydrogen) atoms. The van der Waals surface area contributed by atoms with Gasteiger partial charge in [0.25, 0.3) is 0 Å². The van der Waals surface area contributed by atoms with Gasteiger partial charge in [-0.05, 0) is 69.7 Å². The number of nitrogens with zero attached hydrogens (tertiary/aromatic N) is 5. The van der Waals surface area contributed by atoms with E-state index in [1.54, 1.807) is 0 Å². The highest BCUT2D eigenvalue weighted by Crippen LogP contribution is 2.31. The van der Waals surface area contributed by atoms with Gasteiger partial charge in [-0.3, -0.25) is 9.36 Å². The highest BCUT2D eigenvalue weighted by atomic mass is 16.5. The Balaban J connectivity index is 1.43. The lowest BCUT2D eigenvalue weighted by atomic mass is 10.1. The van der Waals surface area contributed by atoms with E-state index in [1.807, 2.05) is 30.6 Å². The van der Waals surface area contributed by atoms with Crippen molar-refractivity contribution in [3.05, 3.63) is 30.6 Å². The Labute approximate surface area is 237 Å². The minimum Gasteiger partial charge on any atom is -0.494 e. The topological polar surface area (TPSA) is 104 Å². The van der Waals surface area contributed by atoms with Gasteiger partial charge in [0, 0.05) is 31.8 Å². The average molecular weight is 553 g/mol. The number of nitrogens with one attached hydrogen (secondary N) is 1. The number of benzene rings is 1. The van der Waals surface area contributed by atoms with Crippen molar-refractivity contribution in [1.82, 2.24) is 19.5 Å². The molecule has 1 fully saturated rings. The summed E-state index contributed by atoms with van der Waals surface area (Å²) in [4.78, 5) is 27.9. The summed E-state index contributed by atoms with van der Waals surface area (Å²) in [6, 6.07) is 8.17. The van der Waals surface area contributed by atoms with E-state index in [0.29, 0.717) is 25.0 Å². The molecule has 10 nitrogen and oxygen atoms in total. The van der Waals surface area contributed by atoms with Crippen molar-refractivity contribution in [2.75, 3.05) is 37.6 Å². The normalized spacial score (nSPS) is 16.1. The molecule has 0 spiro atoms. The third kappa shape index (κ3) is 7.84. The van der Waals surface area contributed by atoms with Crippen LogP contribution in [0.5, 0.6) is 5.75 Å². The second-order valence-electron chi connectivity index (χ2n) is 10.5. The minimum atomic E-state index is -0.145. The molecule has 1 N–H and O–H groups in total. The van der Waals surface area contributed by atoms with Crippen LogP contribution in [0.3, 0.4) is 0 Å². The maximum absolute atomic E-state index is 11.2. The third-order valence-electron chi connectivity index (χ3n) is 7.45. The fraction of sp³-hybridized carbons (Fsp3) is 0.600. The fourth-order valence-electron chi connectivity index (χ4n) is 4.96. The highest BCUT2D eigenvalue weighted by molar-refractivity contribution is 5.85. The first-order valence-corrected chi connectivity index (χ1v) is 14.7. The molecule has 218 valence electrons. The van der Waals surface area contributed by atoms with E-state index in [0.717, 1.165) is 92.8 Å². The molecule has 0 bridgehead atoms. The van der Waals surface area contributed by atoms with Crippen LogP contribution in [0.25, 0.3) is 11.2 Å². The van der Waals surface area contributed by atoms with Crippen molar-refractivity contribution in [1.29, 1.82) is 0 Å². The standard InChI is InChI=1S/C30H44N6O4/c1-5-12-22(2)35(3)28-27-29(36(21-31-27)25-13-9-11-20-40-25)34-30(33-28)32-23-15-17-24(18-16-23)39-19-10-7-6-8-14-26(37)38-4/h15-18,21-22,25H,5-14,19-20H2,1-4H3,(H,32,33,34). The van der Waals surface area contributed by atoms with E-state index >= 15 is 0 Å². The number of fused-ring (bicyclic) bond motifs is 1. The van der Waals surface area contributed by atoms with E-state index in [9.17, 15) is 4.79 Å². The van der Waals surface area contributed by atoms with Crippen molar-refractivity contribution in [3.63, 3.8) is 0 Å². The Kier molecular flexibility index (Phi) is 11.0. The number of ether oxygens (including phenoxy) is 3. The molecule has 1 aromatic carbocycles. The summed E-state index contributed by atoms with van der Waals surface area (Å²) >= 11 is 0. The molecule has 1 aliphatic heterocycles. The first-order chi connectivity index (χ1) is 19.5. The molecule has 2 atom stereocenters. The van der Waals surface area contributed by atoms with Crippen LogP contribution in [0.4, 0.5) is 17.5 Å². The molecule has 2 aromatic heterocycles. The van der Waals surface area contributed by atoms with Gasteiger partial charge in [-0.25, -0.2) is 4.98 Å². The van der Waals surface area contributed by atoms with E-state index in [-0.39, 0.29) is 12.2 Å². The van der Waals surface area contributed by atoms with Crippen LogP contribution in [0.15, 0.2) is 30.6 Å². The zero-order valence-electron chi connectivity index (χ0n) is 24.4. The number of hydrogen-bond donors (Lipinski definition) is 1. The predicted molar refractivity (Wildman–Crippen MR) is 157 cm³/mol. The lowest BCUT2D eigenvalue weighted by Crippen LogP contribution is -2.30. The van der Waals surface area contributed by atoms with E-state index in [1.165, 1.54) is 7.11 Å². The molecule has 2 unspecified atom stereocenters. The quantitative estimate of drug-likeness (QED) is 0.169. The predicted octanol–water partition coefficient (Wildman–Crippen LogP) is 6.40. The smallest absolute Gasteiger partial charge is 0.305 e. The van der Waals surface area contributed by atoms with Gasteiger partial charge in [0.1, 0.15) is 12.0 Å².